The molecule has 2 aliphatic heterocycles. The molecule has 3 rings (SSSR count). The number of nitrogens with one attached hydrogen (secondary N) is 1. The van der Waals surface area contributed by atoms with Gasteiger partial charge in [-0.2, -0.15) is 0 Å². The van der Waals surface area contributed by atoms with Gasteiger partial charge >= 0.3 is 5.97 Å². The lowest BCUT2D eigenvalue weighted by Crippen LogP contribution is -2.77. The molecule has 0 saturated carbocycles. The van der Waals surface area contributed by atoms with Gasteiger partial charge in [-0.1, -0.05) is 12.1 Å². The van der Waals surface area contributed by atoms with Gasteiger partial charge in [-0.15, -0.1) is 11.6 Å². The minimum Gasteiger partial charge on any atom is -0.544 e. The average molecular weight is 396 g/mol. The van der Waals surface area contributed by atoms with Crippen molar-refractivity contribution >= 4 is 37.6 Å². The standard InChI is InChI=1S/C18H22ClNO5Si/c1-17-13(8-9-19)15(22)20-18(17,16(23)24-17)14(21)11-6-5-7-12(10-11)25-26(2,3)4/h5-7,10,13H,8-9H2,1-4H3,(H,20,22)/t13-,17-,18-/m0/s1. The predicted octanol–water partition coefficient (Wildman–Crippen LogP) is 2.51. The smallest absolute Gasteiger partial charge is 0.345 e. The van der Waals surface area contributed by atoms with Crippen molar-refractivity contribution in [3.05, 3.63) is 29.8 Å². The number of carbonyl (C=O) groups is 3. The molecule has 0 aromatic heterocycles. The SMILES string of the molecule is C[C@@]12OC(=O)[C@]1(C(=O)c1cccc(O[Si](C)(C)C)c1)NC(=O)[C@@H]2CCCl. The molecule has 0 unspecified atom stereocenters. The first-order valence-electron chi connectivity index (χ1n) is 8.50. The van der Waals surface area contributed by atoms with Gasteiger partial charge in [0.25, 0.3) is 0 Å². The highest BCUT2D eigenvalue weighted by Gasteiger charge is 2.79. The fraction of sp³-hybridized carbons (Fsp3) is 0.500. The van der Waals surface area contributed by atoms with Crippen LogP contribution in [-0.2, 0) is 14.3 Å². The second-order valence-corrected chi connectivity index (χ2v) is 12.6. The number of esters is 1. The molecule has 2 heterocycles. The first-order chi connectivity index (χ1) is 12.0. The molecule has 140 valence electrons. The van der Waals surface area contributed by atoms with Gasteiger partial charge in [0.15, 0.2) is 5.60 Å². The Morgan fingerprint density at radius 3 is 2.62 bits per heavy atom. The normalized spacial score (nSPS) is 30.1. The summed E-state index contributed by atoms with van der Waals surface area (Å²) in [6.07, 6.45) is 0.324. The summed E-state index contributed by atoms with van der Waals surface area (Å²) in [7, 11) is -1.85. The summed E-state index contributed by atoms with van der Waals surface area (Å²) in [5.74, 6) is -1.45. The molecule has 1 amide bonds. The summed E-state index contributed by atoms with van der Waals surface area (Å²) in [6, 6.07) is 6.70. The molecule has 1 aromatic rings. The summed E-state index contributed by atoms with van der Waals surface area (Å²) < 4.78 is 11.2. The van der Waals surface area contributed by atoms with E-state index in [4.69, 9.17) is 20.8 Å². The molecule has 8 heteroatoms. The summed E-state index contributed by atoms with van der Waals surface area (Å²) in [5, 5.41) is 2.60. The zero-order valence-electron chi connectivity index (χ0n) is 15.2. The fourth-order valence-corrected chi connectivity index (χ4v) is 4.75. The lowest BCUT2D eigenvalue weighted by Gasteiger charge is -2.50. The third-order valence-corrected chi connectivity index (χ3v) is 5.97. The van der Waals surface area contributed by atoms with Crippen molar-refractivity contribution in [2.45, 2.75) is 44.1 Å². The number of amides is 1. The number of hydrogen-bond acceptors (Lipinski definition) is 5. The molecular weight excluding hydrogens is 374 g/mol. The molecule has 1 aromatic carbocycles. The number of hydrogen-bond donors (Lipinski definition) is 1. The number of rotatable bonds is 6. The maximum Gasteiger partial charge on any atom is 0.345 e. The molecule has 6 nitrogen and oxygen atoms in total. The Morgan fingerprint density at radius 2 is 2.04 bits per heavy atom. The van der Waals surface area contributed by atoms with Crippen LogP contribution in [0.5, 0.6) is 5.75 Å². The third-order valence-electron chi connectivity index (χ3n) is 4.91. The molecule has 0 spiro atoms. The zero-order valence-corrected chi connectivity index (χ0v) is 17.0. The Kier molecular flexibility index (Phi) is 4.43. The van der Waals surface area contributed by atoms with Crippen LogP contribution in [0.3, 0.4) is 0 Å². The number of halogens is 1. The van der Waals surface area contributed by atoms with E-state index in [1.807, 2.05) is 19.6 Å². The van der Waals surface area contributed by atoms with Gasteiger partial charge in [0.2, 0.25) is 25.5 Å². The van der Waals surface area contributed by atoms with Gasteiger partial charge in [-0.3, -0.25) is 9.59 Å². The molecule has 1 N–H and O–H groups in total. The van der Waals surface area contributed by atoms with Crippen molar-refractivity contribution in [1.82, 2.24) is 5.32 Å². The van der Waals surface area contributed by atoms with Crippen LogP contribution in [0.4, 0.5) is 0 Å². The summed E-state index contributed by atoms with van der Waals surface area (Å²) in [4.78, 5) is 38.0. The van der Waals surface area contributed by atoms with Crippen molar-refractivity contribution in [2.24, 2.45) is 5.92 Å². The van der Waals surface area contributed by atoms with E-state index in [0.29, 0.717) is 17.7 Å². The van der Waals surface area contributed by atoms with Crippen molar-refractivity contribution in [1.29, 1.82) is 0 Å². The predicted molar refractivity (Wildman–Crippen MR) is 98.9 cm³/mol. The molecule has 2 aliphatic rings. The monoisotopic (exact) mass is 395 g/mol. The Hall–Kier alpha value is -1.86. The van der Waals surface area contributed by atoms with Crippen LogP contribution in [-0.4, -0.2) is 43.0 Å². The van der Waals surface area contributed by atoms with E-state index in [-0.39, 0.29) is 11.8 Å². The minimum atomic E-state index is -1.85. The van der Waals surface area contributed by atoms with E-state index in [1.54, 1.807) is 31.2 Å². The van der Waals surface area contributed by atoms with Crippen LogP contribution in [0.2, 0.25) is 19.6 Å². The number of benzene rings is 1. The number of ether oxygens (including phenoxy) is 1. The van der Waals surface area contributed by atoms with Crippen LogP contribution >= 0.6 is 11.6 Å². The van der Waals surface area contributed by atoms with Gasteiger partial charge in [0.05, 0.1) is 5.92 Å². The molecular formula is C18H22ClNO5Si. The van der Waals surface area contributed by atoms with E-state index in [9.17, 15) is 14.4 Å². The molecule has 0 bridgehead atoms. The Morgan fingerprint density at radius 1 is 1.35 bits per heavy atom. The van der Waals surface area contributed by atoms with Crippen LogP contribution in [0.15, 0.2) is 24.3 Å². The lowest BCUT2D eigenvalue weighted by atomic mass is 9.67. The highest BCUT2D eigenvalue weighted by molar-refractivity contribution is 6.70. The molecule has 26 heavy (non-hydrogen) atoms. The van der Waals surface area contributed by atoms with Crippen molar-refractivity contribution in [3.63, 3.8) is 0 Å². The Labute approximate surface area is 158 Å². The number of fused-ring (bicyclic) bond motifs is 1. The highest BCUT2D eigenvalue weighted by Crippen LogP contribution is 2.51. The Bertz CT molecular complexity index is 792. The maximum atomic E-state index is 13.3. The van der Waals surface area contributed by atoms with E-state index in [1.165, 1.54) is 0 Å². The molecule has 0 aliphatic carbocycles. The quantitative estimate of drug-likeness (QED) is 0.263. The first-order valence-corrected chi connectivity index (χ1v) is 12.4. The maximum absolute atomic E-state index is 13.3. The molecule has 3 atom stereocenters. The van der Waals surface area contributed by atoms with Crippen molar-refractivity contribution in [2.75, 3.05) is 5.88 Å². The van der Waals surface area contributed by atoms with Crippen molar-refractivity contribution < 1.29 is 23.5 Å². The van der Waals surface area contributed by atoms with Gasteiger partial charge in [0.1, 0.15) is 5.75 Å². The fourth-order valence-electron chi connectivity index (χ4n) is 3.69. The highest BCUT2D eigenvalue weighted by atomic mass is 35.5. The number of carbonyl (C=O) groups excluding carboxylic acids is 3. The van der Waals surface area contributed by atoms with Crippen LogP contribution < -0.4 is 9.74 Å². The van der Waals surface area contributed by atoms with Gasteiger partial charge in [-0.25, -0.2) is 4.79 Å². The van der Waals surface area contributed by atoms with Crippen LogP contribution in [0.25, 0.3) is 0 Å². The zero-order chi connectivity index (χ0) is 19.3. The second-order valence-electron chi connectivity index (χ2n) is 7.84. The number of alkyl halides is 1. The summed E-state index contributed by atoms with van der Waals surface area (Å²) in [6.45, 7) is 7.72. The first kappa shape index (κ1) is 18.9. The van der Waals surface area contributed by atoms with Gasteiger partial charge in [-0.05, 0) is 45.1 Å². The summed E-state index contributed by atoms with van der Waals surface area (Å²) >= 11 is 5.79. The van der Waals surface area contributed by atoms with E-state index in [2.05, 4.69) is 5.32 Å². The van der Waals surface area contributed by atoms with E-state index >= 15 is 0 Å². The van der Waals surface area contributed by atoms with Crippen molar-refractivity contribution in [3.8, 4) is 5.75 Å². The van der Waals surface area contributed by atoms with E-state index < -0.39 is 37.1 Å². The topological polar surface area (TPSA) is 81.7 Å². The molecule has 2 fully saturated rings. The van der Waals surface area contributed by atoms with Gasteiger partial charge < -0.3 is 14.5 Å². The summed E-state index contributed by atoms with van der Waals surface area (Å²) in [5.41, 5.74) is -2.63. The number of Topliss-reactive ketones (excluding diaryl/α,β-unsaturated/α-hetero) is 1. The number of ketones is 1. The largest absolute Gasteiger partial charge is 0.544 e. The minimum absolute atomic E-state index is 0.231. The van der Waals surface area contributed by atoms with Crippen LogP contribution in [0.1, 0.15) is 23.7 Å². The third kappa shape index (κ3) is 2.65. The Balaban J connectivity index is 1.98. The molecule has 0 radical (unpaired) electrons. The van der Waals surface area contributed by atoms with E-state index in [0.717, 1.165) is 0 Å². The van der Waals surface area contributed by atoms with Crippen LogP contribution in [0, 0.1) is 5.92 Å². The average Bonchev–Trinajstić information content (AvgIpc) is 2.71. The molecule has 2 saturated heterocycles. The van der Waals surface area contributed by atoms with Gasteiger partial charge in [0, 0.05) is 11.4 Å². The lowest BCUT2D eigenvalue weighted by molar-refractivity contribution is -0.210. The second kappa shape index (κ2) is 6.09.